The van der Waals surface area contributed by atoms with Crippen molar-refractivity contribution in [2.24, 2.45) is 0 Å². The van der Waals surface area contributed by atoms with Crippen molar-refractivity contribution in [1.29, 1.82) is 0 Å². The average Bonchev–Trinajstić information content (AvgIpc) is 0.705. The van der Waals surface area contributed by atoms with Crippen molar-refractivity contribution in [3.05, 3.63) is 610 Å². The topological polar surface area (TPSA) is 121 Å². The normalized spacial score (nSPS) is 12.0. The Kier molecular flexibility index (Phi) is 22.0. The second kappa shape index (κ2) is 34.3. The molecular formula is C120H90O6. The molecule has 0 aliphatic carbocycles. The predicted molar refractivity (Wildman–Crippen MR) is 509 cm³/mol. The van der Waals surface area contributed by atoms with E-state index in [0.29, 0.717) is 100 Å². The lowest BCUT2D eigenvalue weighted by Gasteiger charge is -2.33. The largest absolute Gasteiger partial charge is 0.376 e. The highest BCUT2D eigenvalue weighted by molar-refractivity contribution is 6.15. The smallest absolute Gasteiger partial charge is 0.140 e. The van der Waals surface area contributed by atoms with Crippen LogP contribution in [0.4, 0.5) is 0 Å². The molecule has 0 atom stereocenters. The summed E-state index contributed by atoms with van der Waals surface area (Å²) in [6.45, 7) is 0. The SMILES string of the molecule is OC(c1ccccc1)(c1ccccc1)c1ccc(-c2c(-c3ccc(C(O)(c4ccccc4)c4ccccc4)cc3)c(-c3ccc(C(O)(c4ccccc4)c4ccccc4)cc3)c(-c3ccc(C(O)(c4ccccc4)c4ccccc4)cc3)c(-c3ccc(C(O)(c4ccccc4)c4ccccc4)cc3)c2-c2ccc(C(O)(c3ccccc3)c3ccccc3)cc2)cc1. The molecule has 0 bridgehead atoms. The van der Waals surface area contributed by atoms with Crippen LogP contribution >= 0.6 is 0 Å². The molecule has 6 nitrogen and oxygen atoms in total. The molecule has 0 spiro atoms. The predicted octanol–water partition coefficient (Wildman–Crippen LogP) is 25.4. The van der Waals surface area contributed by atoms with Crippen molar-refractivity contribution in [2.45, 2.75) is 33.6 Å². The highest BCUT2D eigenvalue weighted by atomic mass is 16.3. The van der Waals surface area contributed by atoms with Gasteiger partial charge in [-0.2, -0.15) is 0 Å². The second-order valence-corrected chi connectivity index (χ2v) is 32.4. The van der Waals surface area contributed by atoms with Crippen LogP contribution in [0.3, 0.4) is 0 Å². The van der Waals surface area contributed by atoms with Gasteiger partial charge in [-0.25, -0.2) is 0 Å². The number of aliphatic hydroxyl groups is 6. The van der Waals surface area contributed by atoms with Gasteiger partial charge in [-0.1, -0.05) is 510 Å². The van der Waals surface area contributed by atoms with Gasteiger partial charge in [0.1, 0.15) is 33.6 Å². The average molecular weight is 1630 g/mol. The number of hydrogen-bond donors (Lipinski definition) is 6. The third-order valence-corrected chi connectivity index (χ3v) is 25.3. The Labute approximate surface area is 735 Å². The molecule has 0 aromatic heterocycles. The van der Waals surface area contributed by atoms with Crippen LogP contribution in [0, 0.1) is 0 Å². The summed E-state index contributed by atoms with van der Waals surface area (Å²) in [5, 5.41) is 83.2. The first kappa shape index (κ1) is 80.7. The Morgan fingerprint density at radius 2 is 0.159 bits per heavy atom. The standard InChI is InChI=1S/C120H90O6/c121-115(91-37-13-1-14-38-91,92-39-15-2-16-40-92)103-73-61-85(62-74-103)109-110(86-63-75-104(76-64-86)116(122,93-41-17-3-18-42-93)94-43-19-4-20-44-94)112(88-67-79-106(80-68-88)118(124,97-49-25-7-26-50-97)98-51-27-8-28-52-98)114(90-71-83-108(84-72-90)120(126,101-57-33-11-34-58-101)102-59-35-12-36-60-102)113(89-69-81-107(82-70-89)119(125,99-53-29-9-30-54-99)100-55-31-10-32-56-100)111(109)87-65-77-105(78-66-87)117(123,95-45-21-5-22-46-95)96-47-23-6-24-48-96/h1-84,121-126H. The van der Waals surface area contributed by atoms with Crippen LogP contribution in [0.1, 0.15) is 100 Å². The molecule has 0 aliphatic heterocycles. The zero-order chi connectivity index (χ0) is 85.7. The second-order valence-electron chi connectivity index (χ2n) is 32.4. The first-order valence-corrected chi connectivity index (χ1v) is 42.7. The van der Waals surface area contributed by atoms with E-state index in [1.54, 1.807) is 0 Å². The summed E-state index contributed by atoms with van der Waals surface area (Å²) in [4.78, 5) is 0. The molecular weight excluding hydrogens is 1540 g/mol. The van der Waals surface area contributed by atoms with Gasteiger partial charge < -0.3 is 30.6 Å². The molecule has 19 rings (SSSR count). The Morgan fingerprint density at radius 3 is 0.238 bits per heavy atom. The van der Waals surface area contributed by atoms with Crippen molar-refractivity contribution in [3.63, 3.8) is 0 Å². The van der Waals surface area contributed by atoms with Crippen molar-refractivity contribution >= 4 is 0 Å². The lowest BCUT2D eigenvalue weighted by atomic mass is 9.72. The zero-order valence-electron chi connectivity index (χ0n) is 69.2. The molecule has 0 heterocycles. The summed E-state index contributed by atoms with van der Waals surface area (Å²) in [5.41, 5.74) is 11.1. The van der Waals surface area contributed by atoms with Gasteiger partial charge in [0.25, 0.3) is 0 Å². The van der Waals surface area contributed by atoms with Crippen molar-refractivity contribution < 1.29 is 30.6 Å². The zero-order valence-corrected chi connectivity index (χ0v) is 69.2. The van der Waals surface area contributed by atoms with Gasteiger partial charge in [-0.3, -0.25) is 0 Å². The third kappa shape index (κ3) is 14.4. The summed E-state index contributed by atoms with van der Waals surface area (Å²) in [5.74, 6) is 0. The van der Waals surface area contributed by atoms with Gasteiger partial charge >= 0.3 is 0 Å². The van der Waals surface area contributed by atoms with Crippen LogP contribution in [-0.4, -0.2) is 30.6 Å². The molecule has 0 unspecified atom stereocenters. The summed E-state index contributed by atoms with van der Waals surface area (Å²) in [6.07, 6.45) is 0. The molecule has 606 valence electrons. The van der Waals surface area contributed by atoms with Crippen LogP contribution < -0.4 is 0 Å². The molecule has 19 aromatic carbocycles. The molecule has 0 aliphatic rings. The first-order chi connectivity index (χ1) is 61.8. The van der Waals surface area contributed by atoms with E-state index in [0.717, 1.165) is 66.8 Å². The first-order valence-electron chi connectivity index (χ1n) is 42.7. The number of hydrogen-bond acceptors (Lipinski definition) is 6. The Bertz CT molecular complexity index is 5530. The van der Waals surface area contributed by atoms with Gasteiger partial charge in [-0.05, 0) is 167 Å². The molecule has 6 heteroatoms. The van der Waals surface area contributed by atoms with Crippen molar-refractivity contribution in [2.75, 3.05) is 0 Å². The van der Waals surface area contributed by atoms with Crippen molar-refractivity contribution in [1.82, 2.24) is 0 Å². The Hall–Kier alpha value is -15.1. The van der Waals surface area contributed by atoms with E-state index in [1.807, 2.05) is 437 Å². The van der Waals surface area contributed by atoms with Crippen molar-refractivity contribution in [3.8, 4) is 66.8 Å². The van der Waals surface area contributed by atoms with Gasteiger partial charge in [0.05, 0.1) is 0 Å². The lowest BCUT2D eigenvalue weighted by Crippen LogP contribution is -2.28. The van der Waals surface area contributed by atoms with E-state index < -0.39 is 33.6 Å². The van der Waals surface area contributed by atoms with Crippen LogP contribution in [0.5, 0.6) is 0 Å². The fraction of sp³-hybridized carbons (Fsp3) is 0.0500. The minimum absolute atomic E-state index is 0.616. The van der Waals surface area contributed by atoms with Gasteiger partial charge in [-0.15, -0.1) is 0 Å². The number of rotatable bonds is 24. The van der Waals surface area contributed by atoms with E-state index in [-0.39, 0.29) is 0 Å². The fourth-order valence-electron chi connectivity index (χ4n) is 18.9. The molecule has 0 saturated heterocycles. The van der Waals surface area contributed by atoms with E-state index >= 15 is 0 Å². The summed E-state index contributed by atoms with van der Waals surface area (Å²) in [6, 6.07) is 167. The van der Waals surface area contributed by atoms with Crippen LogP contribution in [0.2, 0.25) is 0 Å². The Balaban J connectivity index is 0.989. The van der Waals surface area contributed by atoms with E-state index in [1.165, 1.54) is 0 Å². The minimum Gasteiger partial charge on any atom is -0.376 e. The number of benzene rings is 19. The van der Waals surface area contributed by atoms with E-state index in [2.05, 4.69) is 72.8 Å². The maximum atomic E-state index is 13.9. The van der Waals surface area contributed by atoms with Gasteiger partial charge in [0, 0.05) is 0 Å². The molecule has 0 saturated carbocycles. The van der Waals surface area contributed by atoms with E-state index in [9.17, 15) is 30.6 Å². The van der Waals surface area contributed by atoms with E-state index in [4.69, 9.17) is 0 Å². The quantitative estimate of drug-likeness (QED) is 0.0335. The summed E-state index contributed by atoms with van der Waals surface area (Å²) >= 11 is 0. The lowest BCUT2D eigenvalue weighted by molar-refractivity contribution is 0.125. The Morgan fingerprint density at radius 1 is 0.0873 bits per heavy atom. The third-order valence-electron chi connectivity index (χ3n) is 25.3. The highest BCUT2D eigenvalue weighted by Crippen LogP contribution is 2.58. The van der Waals surface area contributed by atoms with Crippen LogP contribution in [0.25, 0.3) is 66.8 Å². The molecule has 0 radical (unpaired) electrons. The minimum atomic E-state index is -1.65. The molecule has 126 heavy (non-hydrogen) atoms. The molecule has 19 aromatic rings. The van der Waals surface area contributed by atoms with Crippen LogP contribution in [-0.2, 0) is 33.6 Å². The molecule has 6 N–H and O–H groups in total. The van der Waals surface area contributed by atoms with Gasteiger partial charge in [0.2, 0.25) is 0 Å². The van der Waals surface area contributed by atoms with Gasteiger partial charge in [0.15, 0.2) is 0 Å². The fourth-order valence-corrected chi connectivity index (χ4v) is 18.9. The molecule has 0 amide bonds. The summed E-state index contributed by atoms with van der Waals surface area (Å²) < 4.78 is 0. The molecule has 0 fully saturated rings. The monoisotopic (exact) mass is 1630 g/mol. The summed E-state index contributed by atoms with van der Waals surface area (Å²) in [7, 11) is 0. The van der Waals surface area contributed by atoms with Crippen LogP contribution in [0.15, 0.2) is 510 Å². The highest BCUT2D eigenvalue weighted by Gasteiger charge is 2.42. The maximum absolute atomic E-state index is 13.9. The maximum Gasteiger partial charge on any atom is 0.140 e.